The fourth-order valence-corrected chi connectivity index (χ4v) is 3.98. The Hall–Kier alpha value is -2.37. The minimum atomic E-state index is 0.580. The number of fused-ring (bicyclic) bond motifs is 1. The summed E-state index contributed by atoms with van der Waals surface area (Å²) in [5.41, 5.74) is 3.41. The molecule has 6 heteroatoms. The van der Waals surface area contributed by atoms with Gasteiger partial charge in [0.1, 0.15) is 23.1 Å². The molecule has 28 heavy (non-hydrogen) atoms. The summed E-state index contributed by atoms with van der Waals surface area (Å²) in [5.74, 6) is 4.07. The van der Waals surface area contributed by atoms with Crippen LogP contribution in [0.1, 0.15) is 41.6 Å². The normalized spacial score (nSPS) is 16.8. The first-order chi connectivity index (χ1) is 13.7. The lowest BCUT2D eigenvalue weighted by Crippen LogP contribution is -2.31. The average molecular weight is 396 g/mol. The highest BCUT2D eigenvalue weighted by Gasteiger charge is 2.28. The Morgan fingerprint density at radius 3 is 2.93 bits per heavy atom. The number of rotatable bonds is 5. The van der Waals surface area contributed by atoms with Crippen molar-refractivity contribution >= 4 is 11.6 Å². The zero-order chi connectivity index (χ0) is 19.1. The van der Waals surface area contributed by atoms with Gasteiger partial charge in [-0.05, 0) is 43.2 Å². The lowest BCUT2D eigenvalue weighted by molar-refractivity contribution is 0.224. The van der Waals surface area contributed by atoms with Crippen LogP contribution in [0, 0.1) is 0 Å². The maximum absolute atomic E-state index is 6.24. The molecule has 2 aliphatic rings. The number of halogens is 1. The van der Waals surface area contributed by atoms with E-state index in [9.17, 15) is 0 Å². The Kier molecular flexibility index (Phi) is 4.57. The van der Waals surface area contributed by atoms with E-state index >= 15 is 0 Å². The van der Waals surface area contributed by atoms with Crippen LogP contribution in [-0.4, -0.2) is 28.5 Å². The summed E-state index contributed by atoms with van der Waals surface area (Å²) in [7, 11) is 1.61. The molecule has 1 fully saturated rings. The van der Waals surface area contributed by atoms with E-state index in [0.29, 0.717) is 16.7 Å². The summed E-state index contributed by atoms with van der Waals surface area (Å²) in [6, 6.07) is 9.72. The molecular formula is C22H22ClN3O2. The van der Waals surface area contributed by atoms with Gasteiger partial charge in [0.05, 0.1) is 18.7 Å². The standard InChI is InChI=1S/C22H22ClN3O2/c1-27-21-6-4-15(10-18(21)23)20-7-5-17(28-20)13-26-9-8-19-16(12-26)11-24-22(25-19)14-2-3-14/h4-7,10-11,14H,2-3,8-9,12-13H2,1H3. The van der Waals surface area contributed by atoms with E-state index in [0.717, 1.165) is 49.0 Å². The van der Waals surface area contributed by atoms with Gasteiger partial charge in [-0.1, -0.05) is 11.6 Å². The van der Waals surface area contributed by atoms with Gasteiger partial charge in [0.2, 0.25) is 0 Å². The molecular weight excluding hydrogens is 374 g/mol. The molecule has 5 rings (SSSR count). The Labute approximate surface area is 169 Å². The largest absolute Gasteiger partial charge is 0.495 e. The van der Waals surface area contributed by atoms with Gasteiger partial charge in [-0.25, -0.2) is 9.97 Å². The monoisotopic (exact) mass is 395 g/mol. The van der Waals surface area contributed by atoms with Crippen molar-refractivity contribution in [2.75, 3.05) is 13.7 Å². The van der Waals surface area contributed by atoms with Gasteiger partial charge in [-0.15, -0.1) is 0 Å². The summed E-state index contributed by atoms with van der Waals surface area (Å²) in [5, 5.41) is 0.580. The minimum absolute atomic E-state index is 0.580. The molecule has 0 spiro atoms. The van der Waals surface area contributed by atoms with Gasteiger partial charge in [0.15, 0.2) is 0 Å². The van der Waals surface area contributed by atoms with Crippen LogP contribution >= 0.6 is 11.6 Å². The molecule has 1 saturated carbocycles. The third-order valence-electron chi connectivity index (χ3n) is 5.45. The highest BCUT2D eigenvalue weighted by molar-refractivity contribution is 6.32. The van der Waals surface area contributed by atoms with E-state index in [2.05, 4.69) is 9.88 Å². The van der Waals surface area contributed by atoms with Crippen molar-refractivity contribution in [3.05, 3.63) is 64.4 Å². The Morgan fingerprint density at radius 1 is 1.25 bits per heavy atom. The van der Waals surface area contributed by atoms with E-state index in [-0.39, 0.29) is 0 Å². The van der Waals surface area contributed by atoms with Crippen LogP contribution in [0.4, 0.5) is 0 Å². The minimum Gasteiger partial charge on any atom is -0.495 e. The molecule has 1 aliphatic carbocycles. The van der Waals surface area contributed by atoms with Crippen LogP contribution < -0.4 is 4.74 Å². The van der Waals surface area contributed by atoms with Gasteiger partial charge in [-0.3, -0.25) is 4.90 Å². The fourth-order valence-electron chi connectivity index (χ4n) is 3.72. The fraction of sp³-hybridized carbons (Fsp3) is 0.364. The summed E-state index contributed by atoms with van der Waals surface area (Å²) in [4.78, 5) is 11.8. The van der Waals surface area contributed by atoms with Crippen molar-refractivity contribution in [1.29, 1.82) is 0 Å². The maximum Gasteiger partial charge on any atom is 0.137 e. The van der Waals surface area contributed by atoms with Crippen molar-refractivity contribution in [1.82, 2.24) is 14.9 Å². The van der Waals surface area contributed by atoms with Crippen molar-refractivity contribution in [3.8, 4) is 17.1 Å². The van der Waals surface area contributed by atoms with Crippen LogP contribution in [0.2, 0.25) is 5.02 Å². The number of benzene rings is 1. The third-order valence-corrected chi connectivity index (χ3v) is 5.75. The summed E-state index contributed by atoms with van der Waals surface area (Å²) < 4.78 is 11.3. The second-order valence-corrected chi connectivity index (χ2v) is 7.96. The van der Waals surface area contributed by atoms with Gasteiger partial charge < -0.3 is 9.15 Å². The predicted octanol–water partition coefficient (Wildman–Crippen LogP) is 4.83. The zero-order valence-electron chi connectivity index (χ0n) is 15.8. The number of nitrogens with zero attached hydrogens (tertiary/aromatic N) is 3. The molecule has 3 aromatic rings. The summed E-state index contributed by atoms with van der Waals surface area (Å²) >= 11 is 6.24. The predicted molar refractivity (Wildman–Crippen MR) is 108 cm³/mol. The molecule has 0 amide bonds. The van der Waals surface area contributed by atoms with Crippen LogP contribution in [0.3, 0.4) is 0 Å². The zero-order valence-corrected chi connectivity index (χ0v) is 16.6. The lowest BCUT2D eigenvalue weighted by atomic mass is 10.1. The molecule has 144 valence electrons. The average Bonchev–Trinajstić information content (AvgIpc) is 3.46. The Morgan fingerprint density at radius 2 is 2.14 bits per heavy atom. The van der Waals surface area contributed by atoms with Crippen LogP contribution in [0.15, 0.2) is 40.9 Å². The molecule has 0 bridgehead atoms. The first kappa shape index (κ1) is 17.7. The summed E-state index contributed by atoms with van der Waals surface area (Å²) in [6.45, 7) is 2.62. The summed E-state index contributed by atoms with van der Waals surface area (Å²) in [6.07, 6.45) is 5.48. The van der Waals surface area contributed by atoms with Crippen LogP contribution in [0.25, 0.3) is 11.3 Å². The number of furan rings is 1. The Balaban J connectivity index is 1.28. The molecule has 0 unspecified atom stereocenters. The molecule has 0 radical (unpaired) electrons. The van der Waals surface area contributed by atoms with Crippen molar-refractivity contribution in [3.63, 3.8) is 0 Å². The first-order valence-electron chi connectivity index (χ1n) is 9.69. The first-order valence-corrected chi connectivity index (χ1v) is 10.1. The second kappa shape index (κ2) is 7.22. The van der Waals surface area contributed by atoms with E-state index in [1.165, 1.54) is 24.1 Å². The van der Waals surface area contributed by atoms with Crippen molar-refractivity contribution in [2.45, 2.75) is 38.3 Å². The lowest BCUT2D eigenvalue weighted by Gasteiger charge is -2.27. The number of methoxy groups -OCH3 is 1. The SMILES string of the molecule is COc1ccc(-c2ccc(CN3CCc4nc(C5CC5)ncc4C3)o2)cc1Cl. The smallest absolute Gasteiger partial charge is 0.137 e. The van der Waals surface area contributed by atoms with Gasteiger partial charge in [-0.2, -0.15) is 0 Å². The quantitative estimate of drug-likeness (QED) is 0.619. The van der Waals surface area contributed by atoms with Crippen LogP contribution in [-0.2, 0) is 19.5 Å². The molecule has 0 atom stereocenters. The molecule has 0 N–H and O–H groups in total. The van der Waals surface area contributed by atoms with E-state index < -0.39 is 0 Å². The van der Waals surface area contributed by atoms with Gasteiger partial charge in [0, 0.05) is 48.4 Å². The number of hydrogen-bond donors (Lipinski definition) is 0. The third kappa shape index (κ3) is 3.52. The highest BCUT2D eigenvalue weighted by Crippen LogP contribution is 2.38. The molecule has 2 aromatic heterocycles. The van der Waals surface area contributed by atoms with E-state index in [1.807, 2.05) is 36.5 Å². The van der Waals surface area contributed by atoms with E-state index in [1.54, 1.807) is 7.11 Å². The van der Waals surface area contributed by atoms with Crippen molar-refractivity contribution < 1.29 is 9.15 Å². The molecule has 3 heterocycles. The van der Waals surface area contributed by atoms with Crippen molar-refractivity contribution in [2.24, 2.45) is 0 Å². The second-order valence-electron chi connectivity index (χ2n) is 7.55. The number of hydrogen-bond acceptors (Lipinski definition) is 5. The molecule has 1 aromatic carbocycles. The van der Waals surface area contributed by atoms with Crippen LogP contribution in [0.5, 0.6) is 5.75 Å². The molecule has 5 nitrogen and oxygen atoms in total. The highest BCUT2D eigenvalue weighted by atomic mass is 35.5. The van der Waals surface area contributed by atoms with Gasteiger partial charge >= 0.3 is 0 Å². The topological polar surface area (TPSA) is 51.4 Å². The number of aromatic nitrogens is 2. The molecule has 1 aliphatic heterocycles. The molecule has 0 saturated heterocycles. The van der Waals surface area contributed by atoms with E-state index in [4.69, 9.17) is 25.7 Å². The maximum atomic E-state index is 6.24. The number of ether oxygens (including phenoxy) is 1. The Bertz CT molecular complexity index is 1010. The van der Waals surface area contributed by atoms with Gasteiger partial charge in [0.25, 0.3) is 0 Å².